The number of para-hydroxylation sites is 1. The summed E-state index contributed by atoms with van der Waals surface area (Å²) in [5.74, 6) is 0.256. The zero-order valence-electron chi connectivity index (χ0n) is 15.2. The van der Waals surface area contributed by atoms with Gasteiger partial charge in [-0.25, -0.2) is 4.98 Å². The maximum absolute atomic E-state index is 13.3. The van der Waals surface area contributed by atoms with E-state index in [9.17, 15) is 9.59 Å². The summed E-state index contributed by atoms with van der Waals surface area (Å²) in [5, 5.41) is 3.96. The predicted molar refractivity (Wildman–Crippen MR) is 110 cm³/mol. The molecule has 0 spiro atoms. The molecule has 2 heterocycles. The molecule has 1 aliphatic rings. The van der Waals surface area contributed by atoms with Crippen molar-refractivity contribution >= 4 is 44.7 Å². The number of nitrogens with one attached hydrogen (secondary N) is 1. The molecule has 4 rings (SSSR count). The highest BCUT2D eigenvalue weighted by molar-refractivity contribution is 7.18. The summed E-state index contributed by atoms with van der Waals surface area (Å²) < 4.78 is 1.50. The Bertz CT molecular complexity index is 1100. The quantitative estimate of drug-likeness (QED) is 0.702. The lowest BCUT2D eigenvalue weighted by atomic mass is 9.97. The first kappa shape index (κ1) is 18.2. The topological polar surface area (TPSA) is 64.0 Å². The van der Waals surface area contributed by atoms with E-state index in [1.54, 1.807) is 49.4 Å². The second-order valence-electron chi connectivity index (χ2n) is 6.87. The molecule has 140 valence electrons. The van der Waals surface area contributed by atoms with Crippen LogP contribution in [0.25, 0.3) is 10.2 Å². The molecule has 3 aromatic rings. The highest BCUT2D eigenvalue weighted by Crippen LogP contribution is 2.34. The van der Waals surface area contributed by atoms with Crippen LogP contribution in [0, 0.1) is 6.92 Å². The normalized spacial score (nSPS) is 14.8. The van der Waals surface area contributed by atoms with Crippen LogP contribution in [0.15, 0.2) is 29.1 Å². The van der Waals surface area contributed by atoms with Crippen molar-refractivity contribution in [1.82, 2.24) is 9.55 Å². The lowest BCUT2D eigenvalue weighted by Gasteiger charge is -2.18. The molecule has 0 fully saturated rings. The van der Waals surface area contributed by atoms with Gasteiger partial charge in [0.2, 0.25) is 5.91 Å². The molecular weight excluding hydrogens is 382 g/mol. The Balaban J connectivity index is 1.75. The number of aryl methyl sites for hydroxylation is 3. The Morgan fingerprint density at radius 2 is 2.04 bits per heavy atom. The molecule has 7 heteroatoms. The van der Waals surface area contributed by atoms with Crippen LogP contribution in [-0.4, -0.2) is 15.5 Å². The fraction of sp³-hybridized carbons (Fsp3) is 0.350. The van der Waals surface area contributed by atoms with Crippen molar-refractivity contribution in [3.05, 3.63) is 55.9 Å². The minimum atomic E-state index is -0.690. The van der Waals surface area contributed by atoms with Crippen molar-refractivity contribution in [2.75, 3.05) is 5.32 Å². The Morgan fingerprint density at radius 1 is 1.30 bits per heavy atom. The second kappa shape index (κ2) is 7.09. The van der Waals surface area contributed by atoms with Crippen molar-refractivity contribution < 1.29 is 4.79 Å². The van der Waals surface area contributed by atoms with Crippen molar-refractivity contribution in [3.63, 3.8) is 0 Å². The van der Waals surface area contributed by atoms with E-state index < -0.39 is 6.04 Å². The number of thiophene rings is 1. The van der Waals surface area contributed by atoms with Crippen LogP contribution >= 0.6 is 22.9 Å². The number of hydrogen-bond donors (Lipinski definition) is 1. The number of hydrogen-bond acceptors (Lipinski definition) is 4. The highest BCUT2D eigenvalue weighted by atomic mass is 35.5. The third-order valence-electron chi connectivity index (χ3n) is 5.10. The number of carbonyl (C=O) groups excluding carboxylic acids is 1. The molecule has 0 saturated carbocycles. The lowest BCUT2D eigenvalue weighted by Crippen LogP contribution is -2.34. The first-order valence-corrected chi connectivity index (χ1v) is 10.3. The van der Waals surface area contributed by atoms with Crippen LogP contribution in [0.2, 0.25) is 5.02 Å². The van der Waals surface area contributed by atoms with E-state index in [1.807, 2.05) is 0 Å². The number of halogens is 1. The molecule has 27 heavy (non-hydrogen) atoms. The van der Waals surface area contributed by atoms with E-state index in [0.29, 0.717) is 21.9 Å². The van der Waals surface area contributed by atoms with Crippen LogP contribution in [0.5, 0.6) is 0 Å². The summed E-state index contributed by atoms with van der Waals surface area (Å²) in [6.07, 6.45) is 4.17. The van der Waals surface area contributed by atoms with Gasteiger partial charge in [-0.05, 0) is 57.2 Å². The van der Waals surface area contributed by atoms with Gasteiger partial charge in [0, 0.05) is 4.88 Å². The van der Waals surface area contributed by atoms with E-state index >= 15 is 0 Å². The van der Waals surface area contributed by atoms with Crippen molar-refractivity contribution in [2.24, 2.45) is 0 Å². The van der Waals surface area contributed by atoms with Crippen LogP contribution in [0.4, 0.5) is 5.69 Å². The Kier molecular flexibility index (Phi) is 4.78. The monoisotopic (exact) mass is 401 g/mol. The van der Waals surface area contributed by atoms with Gasteiger partial charge in [0.1, 0.15) is 16.7 Å². The first-order chi connectivity index (χ1) is 13.0. The van der Waals surface area contributed by atoms with E-state index in [1.165, 1.54) is 9.44 Å². The standard InChI is InChI=1S/C20H20ClN3O2S/c1-11(18(25)23-15-9-5-4-8-14(15)21)24-12(2)22-19-17(20(24)26)13-7-3-6-10-16(13)27-19/h4-5,8-9,11H,3,6-7,10H2,1-2H3,(H,23,25). The second-order valence-corrected chi connectivity index (χ2v) is 8.36. The van der Waals surface area contributed by atoms with Gasteiger partial charge in [0.05, 0.1) is 16.1 Å². The molecule has 1 atom stereocenters. The molecule has 1 aromatic carbocycles. The number of aromatic nitrogens is 2. The van der Waals surface area contributed by atoms with Crippen molar-refractivity contribution in [1.29, 1.82) is 0 Å². The molecule has 2 aromatic heterocycles. The summed E-state index contributed by atoms with van der Waals surface area (Å²) >= 11 is 7.75. The number of carbonyl (C=O) groups is 1. The summed E-state index contributed by atoms with van der Waals surface area (Å²) in [6.45, 7) is 3.49. The third kappa shape index (κ3) is 3.17. The molecule has 0 bridgehead atoms. The van der Waals surface area contributed by atoms with Crippen LogP contribution in [-0.2, 0) is 17.6 Å². The summed E-state index contributed by atoms with van der Waals surface area (Å²) in [4.78, 5) is 32.8. The Hall–Kier alpha value is -2.18. The van der Waals surface area contributed by atoms with Gasteiger partial charge in [-0.3, -0.25) is 14.2 Å². The molecule has 0 radical (unpaired) electrons. The number of amides is 1. The Morgan fingerprint density at radius 3 is 2.81 bits per heavy atom. The average molecular weight is 402 g/mol. The lowest BCUT2D eigenvalue weighted by molar-refractivity contribution is -0.118. The first-order valence-electron chi connectivity index (χ1n) is 9.06. The molecular formula is C20H20ClN3O2S. The molecule has 5 nitrogen and oxygen atoms in total. The van der Waals surface area contributed by atoms with Crippen molar-refractivity contribution in [2.45, 2.75) is 45.6 Å². The number of benzene rings is 1. The Labute approximate surface area is 166 Å². The summed E-state index contributed by atoms with van der Waals surface area (Å²) in [7, 11) is 0. The fourth-order valence-corrected chi connectivity index (χ4v) is 5.17. The molecule has 0 saturated heterocycles. The van der Waals surface area contributed by atoms with Crippen LogP contribution in [0.3, 0.4) is 0 Å². The maximum Gasteiger partial charge on any atom is 0.263 e. The smallest absolute Gasteiger partial charge is 0.263 e. The predicted octanol–water partition coefficient (Wildman–Crippen LogP) is 4.50. The third-order valence-corrected chi connectivity index (χ3v) is 6.61. The minimum Gasteiger partial charge on any atom is -0.323 e. The number of fused-ring (bicyclic) bond motifs is 3. The maximum atomic E-state index is 13.3. The van der Waals surface area contributed by atoms with E-state index in [-0.39, 0.29) is 11.5 Å². The largest absolute Gasteiger partial charge is 0.323 e. The van der Waals surface area contributed by atoms with Crippen molar-refractivity contribution in [3.8, 4) is 0 Å². The van der Waals surface area contributed by atoms with E-state index in [4.69, 9.17) is 11.6 Å². The average Bonchev–Trinajstić information content (AvgIpc) is 3.01. The zero-order chi connectivity index (χ0) is 19.1. The summed E-state index contributed by atoms with van der Waals surface area (Å²) in [6, 6.07) is 6.36. The van der Waals surface area contributed by atoms with Gasteiger partial charge in [-0.2, -0.15) is 0 Å². The molecule has 0 aliphatic heterocycles. The SMILES string of the molecule is Cc1nc2sc3c(c2c(=O)n1C(C)C(=O)Nc1ccccc1Cl)CCCC3. The van der Waals surface area contributed by atoms with Gasteiger partial charge in [0.15, 0.2) is 0 Å². The molecule has 1 unspecified atom stereocenters. The zero-order valence-corrected chi connectivity index (χ0v) is 16.8. The number of anilines is 1. The highest BCUT2D eigenvalue weighted by Gasteiger charge is 2.25. The molecule has 1 aliphatic carbocycles. The van der Waals surface area contributed by atoms with Gasteiger partial charge in [-0.15, -0.1) is 11.3 Å². The van der Waals surface area contributed by atoms with Gasteiger partial charge < -0.3 is 5.32 Å². The molecule has 1 N–H and O–H groups in total. The van der Waals surface area contributed by atoms with Gasteiger partial charge >= 0.3 is 0 Å². The minimum absolute atomic E-state index is 0.126. The van der Waals surface area contributed by atoms with Gasteiger partial charge in [0.25, 0.3) is 5.56 Å². The molecule has 1 amide bonds. The van der Waals surface area contributed by atoms with Gasteiger partial charge in [-0.1, -0.05) is 23.7 Å². The summed E-state index contributed by atoms with van der Waals surface area (Å²) in [5.41, 5.74) is 1.54. The fourth-order valence-electron chi connectivity index (χ4n) is 3.69. The van der Waals surface area contributed by atoms with Crippen LogP contribution in [0.1, 0.15) is 42.1 Å². The number of nitrogens with zero attached hydrogens (tertiary/aromatic N) is 2. The van der Waals surface area contributed by atoms with E-state index in [2.05, 4.69) is 10.3 Å². The van der Waals surface area contributed by atoms with Crippen LogP contribution < -0.4 is 10.9 Å². The number of rotatable bonds is 3. The van der Waals surface area contributed by atoms with E-state index in [0.717, 1.165) is 36.1 Å².